The van der Waals surface area contributed by atoms with Crippen LogP contribution >= 0.6 is 11.1 Å². The van der Waals surface area contributed by atoms with Crippen molar-refractivity contribution in [3.8, 4) is 11.5 Å². The summed E-state index contributed by atoms with van der Waals surface area (Å²) in [7, 11) is 0. The highest BCUT2D eigenvalue weighted by atomic mass is 32.2. The minimum atomic E-state index is -1.59. The zero-order chi connectivity index (χ0) is 19.3. The number of nitrogen functional groups attached to an aromatic ring is 1. The first-order valence-corrected chi connectivity index (χ1v) is 11.0. The number of aromatic nitrogens is 2. The van der Waals surface area contributed by atoms with Crippen LogP contribution in [0.2, 0.25) is 0 Å². The maximum atomic E-state index is 11.2. The van der Waals surface area contributed by atoms with Gasteiger partial charge in [-0.15, -0.1) is 0 Å². The minimum Gasteiger partial charge on any atom is -0.546 e. The van der Waals surface area contributed by atoms with Crippen LogP contribution in [0.15, 0.2) is 18.2 Å². The zero-order valence-corrected chi connectivity index (χ0v) is 16.7. The van der Waals surface area contributed by atoms with Crippen LogP contribution in [0.1, 0.15) is 43.7 Å². The number of benzene rings is 1. The van der Waals surface area contributed by atoms with Crippen LogP contribution in [-0.4, -0.2) is 51.0 Å². The number of nitrogens with one attached hydrogen (secondary N) is 1. The quantitative estimate of drug-likeness (QED) is 0.535. The molecule has 2 unspecified atom stereocenters. The Morgan fingerprint density at radius 2 is 2.14 bits per heavy atom. The molecule has 1 aromatic heterocycles. The molecule has 0 spiro atoms. The molecule has 3 heterocycles. The van der Waals surface area contributed by atoms with E-state index in [4.69, 9.17) is 15.2 Å². The van der Waals surface area contributed by atoms with Crippen molar-refractivity contribution in [2.45, 2.75) is 38.1 Å². The van der Waals surface area contributed by atoms with Gasteiger partial charge < -0.3 is 25.1 Å². The Morgan fingerprint density at radius 3 is 2.93 bits per heavy atom. The van der Waals surface area contributed by atoms with Crippen molar-refractivity contribution in [1.29, 1.82) is 0 Å². The standard InChI is InChI=1S/C19H27N5O3S/c20-18-19(23-28(25)22-18)21-9-5-12-26-16-7-4-6-14-15(8-13-27-17(14)16)24-10-2-1-3-11-24/h4,6-7,15H,1-3,5,8-13H2,(H2,20,22)(H,21,23). The molecule has 2 atom stereocenters. The van der Waals surface area contributed by atoms with E-state index in [0.717, 1.165) is 30.9 Å². The van der Waals surface area contributed by atoms with E-state index >= 15 is 0 Å². The SMILES string of the molecule is Nc1n[s+]([O-])nc1NCCCOc1cccc2c1OCCC2N1CCCCC1. The number of nitrogens with two attached hydrogens (primary N) is 1. The summed E-state index contributed by atoms with van der Waals surface area (Å²) < 4.78 is 30.7. The summed E-state index contributed by atoms with van der Waals surface area (Å²) in [6.07, 6.45) is 5.68. The molecule has 1 saturated heterocycles. The second kappa shape index (κ2) is 8.93. The highest BCUT2D eigenvalue weighted by molar-refractivity contribution is 7.14. The van der Waals surface area contributed by atoms with Crippen LogP contribution in [0.4, 0.5) is 11.6 Å². The number of ether oxygens (including phenoxy) is 2. The minimum absolute atomic E-state index is 0.188. The maximum Gasteiger partial charge on any atom is 0.232 e. The van der Waals surface area contributed by atoms with Crippen molar-refractivity contribution in [2.24, 2.45) is 0 Å². The summed E-state index contributed by atoms with van der Waals surface area (Å²) in [4.78, 5) is 2.59. The van der Waals surface area contributed by atoms with Crippen LogP contribution < -0.4 is 20.5 Å². The van der Waals surface area contributed by atoms with E-state index in [9.17, 15) is 4.55 Å². The van der Waals surface area contributed by atoms with Crippen molar-refractivity contribution in [1.82, 2.24) is 13.6 Å². The van der Waals surface area contributed by atoms with Gasteiger partial charge in [-0.3, -0.25) is 4.90 Å². The van der Waals surface area contributed by atoms with Crippen molar-refractivity contribution < 1.29 is 14.0 Å². The summed E-state index contributed by atoms with van der Waals surface area (Å²) in [5.41, 5.74) is 6.88. The van der Waals surface area contributed by atoms with Crippen LogP contribution in [-0.2, 0) is 0 Å². The fourth-order valence-corrected chi connectivity index (χ4v) is 4.57. The molecule has 0 aliphatic carbocycles. The Labute approximate surface area is 168 Å². The van der Waals surface area contributed by atoms with Crippen molar-refractivity contribution in [2.75, 3.05) is 43.9 Å². The van der Waals surface area contributed by atoms with E-state index < -0.39 is 11.1 Å². The fourth-order valence-electron chi connectivity index (χ4n) is 3.96. The predicted molar refractivity (Wildman–Crippen MR) is 108 cm³/mol. The van der Waals surface area contributed by atoms with Gasteiger partial charge in [0.25, 0.3) is 0 Å². The molecule has 0 bridgehead atoms. The van der Waals surface area contributed by atoms with Gasteiger partial charge in [0.05, 0.1) is 13.2 Å². The molecule has 2 aliphatic rings. The lowest BCUT2D eigenvalue weighted by Crippen LogP contribution is -2.36. The van der Waals surface area contributed by atoms with Gasteiger partial charge in [0.15, 0.2) is 22.6 Å². The summed E-state index contributed by atoms with van der Waals surface area (Å²) >= 11 is -1.59. The first-order chi connectivity index (χ1) is 13.7. The fraction of sp³-hybridized carbons (Fsp3) is 0.579. The first-order valence-electron chi connectivity index (χ1n) is 9.94. The summed E-state index contributed by atoms with van der Waals surface area (Å²) in [6, 6.07) is 6.62. The second-order valence-electron chi connectivity index (χ2n) is 7.20. The van der Waals surface area contributed by atoms with E-state index in [-0.39, 0.29) is 5.82 Å². The number of hydrogen-bond acceptors (Lipinski definition) is 8. The molecule has 8 nitrogen and oxygen atoms in total. The molecule has 1 aromatic carbocycles. The number of fused-ring (bicyclic) bond motifs is 1. The van der Waals surface area contributed by atoms with Gasteiger partial charge in [-0.25, -0.2) is 0 Å². The molecule has 1 fully saturated rings. The van der Waals surface area contributed by atoms with Crippen LogP contribution in [0.5, 0.6) is 11.5 Å². The molecule has 3 N–H and O–H groups in total. The van der Waals surface area contributed by atoms with E-state index in [1.54, 1.807) is 0 Å². The second-order valence-corrected chi connectivity index (χ2v) is 8.03. The third-order valence-corrected chi connectivity index (χ3v) is 5.99. The summed E-state index contributed by atoms with van der Waals surface area (Å²) in [5, 5.41) is 3.04. The van der Waals surface area contributed by atoms with Crippen molar-refractivity contribution in [3.63, 3.8) is 0 Å². The monoisotopic (exact) mass is 405 g/mol. The van der Waals surface area contributed by atoms with Crippen LogP contribution in [0.25, 0.3) is 0 Å². The largest absolute Gasteiger partial charge is 0.546 e. The molecular formula is C19H27N5O3S. The number of piperidine rings is 1. The number of nitrogens with zero attached hydrogens (tertiary/aromatic N) is 3. The molecular weight excluding hydrogens is 378 g/mol. The third-order valence-electron chi connectivity index (χ3n) is 5.30. The molecule has 152 valence electrons. The number of anilines is 2. The highest BCUT2D eigenvalue weighted by Crippen LogP contribution is 2.42. The van der Waals surface area contributed by atoms with Crippen LogP contribution in [0.3, 0.4) is 0 Å². The number of rotatable bonds is 7. The Bertz CT molecular complexity index is 794. The summed E-state index contributed by atoms with van der Waals surface area (Å²) in [6.45, 7) is 4.21. The van der Waals surface area contributed by atoms with Gasteiger partial charge in [0.1, 0.15) is 0 Å². The molecule has 2 aromatic rings. The zero-order valence-electron chi connectivity index (χ0n) is 15.9. The smallest absolute Gasteiger partial charge is 0.232 e. The van der Waals surface area contributed by atoms with E-state index in [2.05, 4.69) is 31.1 Å². The van der Waals surface area contributed by atoms with E-state index in [1.165, 1.54) is 37.9 Å². The molecule has 28 heavy (non-hydrogen) atoms. The third kappa shape index (κ3) is 4.31. The van der Waals surface area contributed by atoms with Gasteiger partial charge in [-0.05, 0) is 38.4 Å². The Kier molecular flexibility index (Phi) is 6.13. The van der Waals surface area contributed by atoms with Gasteiger partial charge in [-0.1, -0.05) is 18.6 Å². The lowest BCUT2D eigenvalue weighted by atomic mass is 9.96. The molecule has 2 aliphatic heterocycles. The molecule has 0 saturated carbocycles. The van der Waals surface area contributed by atoms with Gasteiger partial charge in [0, 0.05) is 33.3 Å². The van der Waals surface area contributed by atoms with E-state index in [1.807, 2.05) is 6.07 Å². The van der Waals surface area contributed by atoms with Crippen molar-refractivity contribution >= 4 is 22.8 Å². The average molecular weight is 406 g/mol. The Balaban J connectivity index is 1.33. The summed E-state index contributed by atoms with van der Waals surface area (Å²) in [5.74, 6) is 2.28. The van der Waals surface area contributed by atoms with Crippen molar-refractivity contribution in [3.05, 3.63) is 23.8 Å². The molecule has 9 heteroatoms. The maximum absolute atomic E-state index is 11.2. The topological polar surface area (TPSA) is 109 Å². The Hall–Kier alpha value is -2.10. The lowest BCUT2D eigenvalue weighted by Gasteiger charge is -2.38. The molecule has 4 rings (SSSR count). The first kappa shape index (κ1) is 19.2. The number of likely N-dealkylation sites (tertiary alicyclic amines) is 1. The average Bonchev–Trinajstić information content (AvgIpc) is 3.05. The van der Waals surface area contributed by atoms with Gasteiger partial charge in [0.2, 0.25) is 11.6 Å². The van der Waals surface area contributed by atoms with Gasteiger partial charge in [-0.2, -0.15) is 0 Å². The predicted octanol–water partition coefficient (Wildman–Crippen LogP) is 2.98. The van der Waals surface area contributed by atoms with E-state index in [0.29, 0.717) is 25.0 Å². The molecule has 0 radical (unpaired) electrons. The van der Waals surface area contributed by atoms with Gasteiger partial charge >= 0.3 is 0 Å². The van der Waals surface area contributed by atoms with Crippen LogP contribution in [0, 0.1) is 0 Å². The molecule has 0 amide bonds. The Morgan fingerprint density at radius 1 is 1.29 bits per heavy atom. The normalized spacial score (nSPS) is 20.3. The lowest BCUT2D eigenvalue weighted by molar-refractivity contribution is 0.116. The highest BCUT2D eigenvalue weighted by Gasteiger charge is 2.29. The number of para-hydroxylation sites is 1. The number of hydrogen-bond donors (Lipinski definition) is 2.